The van der Waals surface area contributed by atoms with Crippen LogP contribution < -0.4 is 4.74 Å². The zero-order valence-corrected chi connectivity index (χ0v) is 19.6. The first-order valence-corrected chi connectivity index (χ1v) is 12.1. The Bertz CT molecular complexity index is 1050. The van der Waals surface area contributed by atoms with Crippen LogP contribution >= 0.6 is 11.3 Å². The number of carbonyl (C=O) groups is 1. The molecule has 9 heteroatoms. The lowest BCUT2D eigenvalue weighted by Gasteiger charge is -2.36. The van der Waals surface area contributed by atoms with Crippen LogP contribution in [0.4, 0.5) is 0 Å². The molecule has 0 aliphatic carbocycles. The Morgan fingerprint density at radius 2 is 1.91 bits per heavy atom. The van der Waals surface area contributed by atoms with E-state index >= 15 is 0 Å². The van der Waals surface area contributed by atoms with E-state index in [0.717, 1.165) is 42.1 Å². The van der Waals surface area contributed by atoms with Crippen molar-refractivity contribution >= 4 is 22.3 Å². The minimum Gasteiger partial charge on any atom is -0.494 e. The maximum absolute atomic E-state index is 12.2. The summed E-state index contributed by atoms with van der Waals surface area (Å²) >= 11 is 1.46. The first-order valence-electron chi connectivity index (χ1n) is 11.3. The standard InChI is InChI=1S/C23H30N4O4S/c1-4-18-24-23-27(25-18)21(28)20(32-23)19(15-7-9-17(10-8-15)30-5-2)26-13-11-16(12-14-26)22(29)31-6-3/h7-10,16,19,28H,4-6,11-14H2,1-3H3/t19-/m0/s1. The van der Waals surface area contributed by atoms with Crippen molar-refractivity contribution in [3.63, 3.8) is 0 Å². The van der Waals surface area contributed by atoms with Crippen LogP contribution in [-0.2, 0) is 16.0 Å². The Morgan fingerprint density at radius 3 is 2.50 bits per heavy atom. The third-order valence-corrected chi connectivity index (χ3v) is 6.90. The number of hydrogen-bond acceptors (Lipinski definition) is 8. The van der Waals surface area contributed by atoms with Crippen LogP contribution in [-0.4, -0.2) is 56.9 Å². The Morgan fingerprint density at radius 1 is 1.19 bits per heavy atom. The predicted octanol–water partition coefficient (Wildman–Crippen LogP) is 3.82. The topological polar surface area (TPSA) is 89.2 Å². The molecule has 0 bridgehead atoms. The molecular weight excluding hydrogens is 428 g/mol. The summed E-state index contributed by atoms with van der Waals surface area (Å²) in [6, 6.07) is 7.84. The van der Waals surface area contributed by atoms with Gasteiger partial charge in [0, 0.05) is 6.42 Å². The zero-order valence-electron chi connectivity index (χ0n) is 18.8. The fraction of sp³-hybridized carbons (Fsp3) is 0.522. The summed E-state index contributed by atoms with van der Waals surface area (Å²) in [7, 11) is 0. The van der Waals surface area contributed by atoms with E-state index in [1.165, 1.54) is 15.9 Å². The molecule has 8 nitrogen and oxygen atoms in total. The lowest BCUT2D eigenvalue weighted by Crippen LogP contribution is -2.39. The largest absolute Gasteiger partial charge is 0.494 e. The highest BCUT2D eigenvalue weighted by Crippen LogP contribution is 2.41. The number of hydrogen-bond donors (Lipinski definition) is 1. The molecule has 1 fully saturated rings. The second-order valence-electron chi connectivity index (χ2n) is 7.83. The lowest BCUT2D eigenvalue weighted by molar-refractivity contribution is -0.149. The van der Waals surface area contributed by atoms with Crippen LogP contribution in [0.2, 0.25) is 0 Å². The number of carbonyl (C=O) groups excluding carboxylic acids is 1. The minimum atomic E-state index is -0.160. The molecule has 1 aromatic carbocycles. The maximum Gasteiger partial charge on any atom is 0.309 e. The van der Waals surface area contributed by atoms with E-state index in [4.69, 9.17) is 9.47 Å². The second-order valence-corrected chi connectivity index (χ2v) is 8.84. The van der Waals surface area contributed by atoms with Crippen molar-refractivity contribution in [2.24, 2.45) is 5.92 Å². The number of benzene rings is 1. The van der Waals surface area contributed by atoms with Gasteiger partial charge < -0.3 is 14.6 Å². The van der Waals surface area contributed by atoms with Crippen LogP contribution in [0.25, 0.3) is 4.96 Å². The molecule has 1 atom stereocenters. The number of nitrogens with zero attached hydrogens (tertiary/aromatic N) is 4. The van der Waals surface area contributed by atoms with E-state index < -0.39 is 0 Å². The highest BCUT2D eigenvalue weighted by Gasteiger charge is 2.34. The number of fused-ring (bicyclic) bond motifs is 1. The summed E-state index contributed by atoms with van der Waals surface area (Å²) in [6.07, 6.45) is 2.18. The summed E-state index contributed by atoms with van der Waals surface area (Å²) in [4.78, 5) is 20.5. The van der Waals surface area contributed by atoms with E-state index in [2.05, 4.69) is 15.0 Å². The van der Waals surface area contributed by atoms with Crippen molar-refractivity contribution in [1.29, 1.82) is 0 Å². The Labute approximate surface area is 191 Å². The highest BCUT2D eigenvalue weighted by atomic mass is 32.1. The molecule has 0 spiro atoms. The first kappa shape index (κ1) is 22.5. The van der Waals surface area contributed by atoms with Gasteiger partial charge in [-0.15, -0.1) is 5.10 Å². The van der Waals surface area contributed by atoms with Gasteiger partial charge in [-0.2, -0.15) is 4.52 Å². The summed E-state index contributed by atoms with van der Waals surface area (Å²) in [6.45, 7) is 8.27. The monoisotopic (exact) mass is 458 g/mol. The van der Waals surface area contributed by atoms with E-state index in [1.807, 2.05) is 45.0 Å². The van der Waals surface area contributed by atoms with Crippen molar-refractivity contribution in [2.75, 3.05) is 26.3 Å². The number of aromatic nitrogens is 3. The molecule has 1 N–H and O–H groups in total. The number of likely N-dealkylation sites (tertiary alicyclic amines) is 1. The number of piperidine rings is 1. The van der Waals surface area contributed by atoms with E-state index in [0.29, 0.717) is 30.4 Å². The molecule has 0 unspecified atom stereocenters. The predicted molar refractivity (Wildman–Crippen MR) is 122 cm³/mol. The smallest absolute Gasteiger partial charge is 0.309 e. The van der Waals surface area contributed by atoms with Crippen molar-refractivity contribution in [3.05, 3.63) is 40.5 Å². The number of aromatic hydroxyl groups is 1. The van der Waals surface area contributed by atoms with Crippen molar-refractivity contribution in [3.8, 4) is 11.6 Å². The number of rotatable bonds is 8. The molecule has 32 heavy (non-hydrogen) atoms. The van der Waals surface area contributed by atoms with Gasteiger partial charge in [0.15, 0.2) is 5.82 Å². The van der Waals surface area contributed by atoms with Gasteiger partial charge in [-0.3, -0.25) is 9.69 Å². The Kier molecular flexibility index (Phi) is 6.95. The van der Waals surface area contributed by atoms with Crippen molar-refractivity contribution in [1.82, 2.24) is 19.5 Å². The summed E-state index contributed by atoms with van der Waals surface area (Å²) in [5, 5.41) is 15.5. The van der Waals surface area contributed by atoms with Crippen LogP contribution in [0, 0.1) is 5.92 Å². The molecule has 2 aromatic heterocycles. The van der Waals surface area contributed by atoms with E-state index in [9.17, 15) is 9.90 Å². The molecule has 1 aliphatic heterocycles. The quantitative estimate of drug-likeness (QED) is 0.513. The third-order valence-electron chi connectivity index (χ3n) is 5.83. The molecule has 3 aromatic rings. The van der Waals surface area contributed by atoms with Crippen molar-refractivity contribution in [2.45, 2.75) is 46.1 Å². The SMILES string of the molecule is CCOC(=O)C1CCN([C@@H](c2ccc(OCC)cc2)c2sc3nc(CC)nn3c2O)CC1. The van der Waals surface area contributed by atoms with Crippen LogP contribution in [0.5, 0.6) is 11.6 Å². The third kappa shape index (κ3) is 4.45. The number of ether oxygens (including phenoxy) is 2. The van der Waals surface area contributed by atoms with Gasteiger partial charge in [-0.05, 0) is 57.5 Å². The molecule has 1 aliphatic rings. The molecule has 3 heterocycles. The van der Waals surface area contributed by atoms with E-state index in [-0.39, 0.29) is 23.8 Å². The Hall–Kier alpha value is -2.65. The van der Waals surface area contributed by atoms with Gasteiger partial charge in [0.2, 0.25) is 10.8 Å². The average molecular weight is 459 g/mol. The molecule has 172 valence electrons. The summed E-state index contributed by atoms with van der Waals surface area (Å²) in [5.41, 5.74) is 1.05. The minimum absolute atomic E-state index is 0.0739. The van der Waals surface area contributed by atoms with Crippen LogP contribution in [0.3, 0.4) is 0 Å². The number of aryl methyl sites for hydroxylation is 1. The fourth-order valence-electron chi connectivity index (χ4n) is 4.21. The van der Waals surface area contributed by atoms with Crippen LogP contribution in [0.1, 0.15) is 55.9 Å². The van der Waals surface area contributed by atoms with E-state index in [1.54, 1.807) is 0 Å². The maximum atomic E-state index is 12.2. The molecule has 0 amide bonds. The zero-order chi connectivity index (χ0) is 22.7. The normalized spacial score (nSPS) is 16.3. The Balaban J connectivity index is 1.66. The summed E-state index contributed by atoms with van der Waals surface area (Å²) in [5.74, 6) is 1.47. The van der Waals surface area contributed by atoms with Gasteiger partial charge in [-0.1, -0.05) is 30.4 Å². The lowest BCUT2D eigenvalue weighted by atomic mass is 9.93. The molecule has 0 radical (unpaired) electrons. The van der Waals surface area contributed by atoms with Gasteiger partial charge in [-0.25, -0.2) is 4.98 Å². The highest BCUT2D eigenvalue weighted by molar-refractivity contribution is 7.17. The number of esters is 1. The first-order chi connectivity index (χ1) is 15.5. The van der Waals surface area contributed by atoms with Crippen LogP contribution in [0.15, 0.2) is 24.3 Å². The van der Waals surface area contributed by atoms with Gasteiger partial charge >= 0.3 is 5.97 Å². The average Bonchev–Trinajstić information content (AvgIpc) is 3.35. The van der Waals surface area contributed by atoms with Gasteiger partial charge in [0.1, 0.15) is 5.75 Å². The van der Waals surface area contributed by atoms with Gasteiger partial charge in [0.05, 0.1) is 30.1 Å². The van der Waals surface area contributed by atoms with Crippen molar-refractivity contribution < 1.29 is 19.4 Å². The van der Waals surface area contributed by atoms with Gasteiger partial charge in [0.25, 0.3) is 0 Å². The molecule has 4 rings (SSSR count). The molecule has 0 saturated carbocycles. The number of thiazole rings is 1. The molecular formula is C23H30N4O4S. The molecule has 1 saturated heterocycles. The summed E-state index contributed by atoms with van der Waals surface area (Å²) < 4.78 is 12.4. The second kappa shape index (κ2) is 9.87. The fourth-order valence-corrected chi connectivity index (χ4v) is 5.35.